The molecule has 1 unspecified atom stereocenters. The molecule has 0 aliphatic heterocycles. The summed E-state index contributed by atoms with van der Waals surface area (Å²) in [7, 11) is 1.78. The van der Waals surface area contributed by atoms with E-state index in [2.05, 4.69) is 30.9 Å². The average Bonchev–Trinajstić information content (AvgIpc) is 2.80. The lowest BCUT2D eigenvalue weighted by atomic mass is 10.2. The molecular weight excluding hydrogens is 184 g/mol. The lowest BCUT2D eigenvalue weighted by molar-refractivity contribution is 0.549. The van der Waals surface area contributed by atoms with Crippen LogP contribution in [0.5, 0.6) is 0 Å². The molecule has 2 aromatic rings. The van der Waals surface area contributed by atoms with Gasteiger partial charge in [-0.1, -0.05) is 5.21 Å². The number of hydrazine groups is 1. The molecule has 0 radical (unpaired) electrons. The fourth-order valence-electron chi connectivity index (χ4n) is 1.22. The second kappa shape index (κ2) is 3.52. The van der Waals surface area contributed by atoms with E-state index in [1.165, 1.54) is 6.33 Å². The van der Waals surface area contributed by atoms with E-state index in [4.69, 9.17) is 5.84 Å². The van der Waals surface area contributed by atoms with Crippen LogP contribution in [0.25, 0.3) is 0 Å². The van der Waals surface area contributed by atoms with Crippen LogP contribution in [0.2, 0.25) is 0 Å². The largest absolute Gasteiger partial charge is 0.270 e. The van der Waals surface area contributed by atoms with Crippen LogP contribution in [0, 0.1) is 0 Å². The highest BCUT2D eigenvalue weighted by atomic mass is 15.4. The topological polar surface area (TPSA) is 110 Å². The van der Waals surface area contributed by atoms with Gasteiger partial charge in [-0.25, -0.2) is 10.4 Å². The molecule has 2 rings (SSSR count). The second-order valence-electron chi connectivity index (χ2n) is 2.75. The number of hydrogen-bond donors (Lipinski definition) is 3. The summed E-state index contributed by atoms with van der Waals surface area (Å²) in [4.78, 5) is 4.01. The van der Waals surface area contributed by atoms with Gasteiger partial charge in [-0.15, -0.1) is 5.10 Å². The fraction of sp³-hybridized carbons (Fsp3) is 0.333. The molecule has 1 atom stereocenters. The molecule has 74 valence electrons. The third kappa shape index (κ3) is 1.36. The molecule has 14 heavy (non-hydrogen) atoms. The summed E-state index contributed by atoms with van der Waals surface area (Å²) in [6.07, 6.45) is 3.04. The highest BCUT2D eigenvalue weighted by Crippen LogP contribution is 2.14. The number of aromatic nitrogens is 6. The van der Waals surface area contributed by atoms with Gasteiger partial charge in [0.15, 0.2) is 0 Å². The van der Waals surface area contributed by atoms with Crippen molar-refractivity contribution in [2.24, 2.45) is 12.9 Å². The Kier molecular flexibility index (Phi) is 2.21. The van der Waals surface area contributed by atoms with Gasteiger partial charge in [-0.2, -0.15) is 5.10 Å². The molecule has 2 aromatic heterocycles. The zero-order valence-electron chi connectivity index (χ0n) is 7.55. The van der Waals surface area contributed by atoms with Gasteiger partial charge in [-0.3, -0.25) is 15.6 Å². The first-order valence-corrected chi connectivity index (χ1v) is 3.99. The van der Waals surface area contributed by atoms with Crippen molar-refractivity contribution in [1.29, 1.82) is 0 Å². The number of rotatable bonds is 3. The number of nitrogens with two attached hydrogens (primary N) is 1. The lowest BCUT2D eigenvalue weighted by Crippen LogP contribution is -2.31. The molecule has 0 aliphatic rings. The Bertz CT molecular complexity index is 390. The number of nitrogens with zero attached hydrogens (tertiary/aromatic N) is 5. The van der Waals surface area contributed by atoms with Crippen LogP contribution < -0.4 is 11.3 Å². The normalized spacial score (nSPS) is 13.0. The van der Waals surface area contributed by atoms with Crippen molar-refractivity contribution >= 4 is 0 Å². The number of aryl methyl sites for hydroxylation is 1. The van der Waals surface area contributed by atoms with Gasteiger partial charge in [0.25, 0.3) is 0 Å². The van der Waals surface area contributed by atoms with Crippen LogP contribution >= 0.6 is 0 Å². The van der Waals surface area contributed by atoms with Gasteiger partial charge in [0, 0.05) is 7.05 Å². The summed E-state index contributed by atoms with van der Waals surface area (Å²) in [5.41, 5.74) is 3.42. The molecule has 0 bridgehead atoms. The van der Waals surface area contributed by atoms with Crippen LogP contribution in [0.1, 0.15) is 17.6 Å². The van der Waals surface area contributed by atoms with Crippen molar-refractivity contribution in [3.63, 3.8) is 0 Å². The monoisotopic (exact) mass is 194 g/mol. The Hall–Kier alpha value is -1.80. The maximum absolute atomic E-state index is 5.42. The van der Waals surface area contributed by atoms with Crippen molar-refractivity contribution < 1.29 is 0 Å². The van der Waals surface area contributed by atoms with Crippen molar-refractivity contribution in [3.8, 4) is 0 Å². The summed E-state index contributed by atoms with van der Waals surface area (Å²) in [6.45, 7) is 0. The van der Waals surface area contributed by atoms with E-state index in [1.54, 1.807) is 17.9 Å². The maximum Gasteiger partial charge on any atom is 0.148 e. The molecule has 0 saturated carbocycles. The minimum atomic E-state index is -0.280. The summed E-state index contributed by atoms with van der Waals surface area (Å²) >= 11 is 0. The van der Waals surface area contributed by atoms with Crippen molar-refractivity contribution in [2.75, 3.05) is 0 Å². The summed E-state index contributed by atoms with van der Waals surface area (Å²) in [5.74, 6) is 6.04. The van der Waals surface area contributed by atoms with Gasteiger partial charge in [0.05, 0.1) is 11.9 Å². The van der Waals surface area contributed by atoms with Crippen molar-refractivity contribution in [2.45, 2.75) is 6.04 Å². The number of hydrogen-bond acceptors (Lipinski definition) is 6. The van der Waals surface area contributed by atoms with Crippen LogP contribution in [-0.4, -0.2) is 30.2 Å². The first-order valence-electron chi connectivity index (χ1n) is 3.99. The van der Waals surface area contributed by atoms with Crippen LogP contribution in [-0.2, 0) is 7.05 Å². The molecule has 0 amide bonds. The Morgan fingerprint density at radius 2 is 2.50 bits per heavy atom. The SMILES string of the molecule is Cn1nncc1C(NN)c1ncn[nH]1. The minimum absolute atomic E-state index is 0.280. The van der Waals surface area contributed by atoms with Gasteiger partial charge in [0.2, 0.25) is 0 Å². The Balaban J connectivity index is 2.36. The molecule has 8 heteroatoms. The first kappa shape index (κ1) is 8.78. The van der Waals surface area contributed by atoms with Gasteiger partial charge < -0.3 is 0 Å². The van der Waals surface area contributed by atoms with Gasteiger partial charge >= 0.3 is 0 Å². The van der Waals surface area contributed by atoms with E-state index >= 15 is 0 Å². The smallest absolute Gasteiger partial charge is 0.148 e. The zero-order valence-corrected chi connectivity index (χ0v) is 7.55. The quantitative estimate of drug-likeness (QED) is 0.404. The summed E-state index contributed by atoms with van der Waals surface area (Å²) in [5, 5.41) is 14.0. The van der Waals surface area contributed by atoms with E-state index < -0.39 is 0 Å². The number of aromatic amines is 1. The van der Waals surface area contributed by atoms with E-state index in [0.29, 0.717) is 5.82 Å². The third-order valence-electron chi connectivity index (χ3n) is 1.92. The Morgan fingerprint density at radius 1 is 1.64 bits per heavy atom. The standard InChI is InChI=1S/C6H10N8/c1-14-4(2-9-13-14)5(11-7)6-8-3-10-12-6/h2-3,5,11H,7H2,1H3,(H,8,10,12). The Labute approximate surface area is 79.5 Å². The molecule has 8 nitrogen and oxygen atoms in total. The first-order chi connectivity index (χ1) is 6.83. The van der Waals surface area contributed by atoms with E-state index in [-0.39, 0.29) is 6.04 Å². The molecule has 0 saturated heterocycles. The van der Waals surface area contributed by atoms with E-state index in [1.807, 2.05) is 0 Å². The third-order valence-corrected chi connectivity index (χ3v) is 1.92. The second-order valence-corrected chi connectivity index (χ2v) is 2.75. The van der Waals surface area contributed by atoms with Crippen LogP contribution in [0.3, 0.4) is 0 Å². The zero-order chi connectivity index (χ0) is 9.97. The predicted molar refractivity (Wildman–Crippen MR) is 46.6 cm³/mol. The predicted octanol–water partition coefficient (Wildman–Crippen LogP) is -1.51. The van der Waals surface area contributed by atoms with Crippen molar-refractivity contribution in [3.05, 3.63) is 24.0 Å². The summed E-state index contributed by atoms with van der Waals surface area (Å²) < 4.78 is 1.62. The molecule has 4 N–H and O–H groups in total. The highest BCUT2D eigenvalue weighted by molar-refractivity contribution is 5.12. The fourth-order valence-corrected chi connectivity index (χ4v) is 1.22. The van der Waals surface area contributed by atoms with Gasteiger partial charge in [0.1, 0.15) is 18.2 Å². The molecule has 2 heterocycles. The van der Waals surface area contributed by atoms with Crippen LogP contribution in [0.4, 0.5) is 0 Å². The molecule has 0 aromatic carbocycles. The Morgan fingerprint density at radius 3 is 3.00 bits per heavy atom. The van der Waals surface area contributed by atoms with Crippen LogP contribution in [0.15, 0.2) is 12.5 Å². The average molecular weight is 194 g/mol. The highest BCUT2D eigenvalue weighted by Gasteiger charge is 2.18. The number of H-pyrrole nitrogens is 1. The molecule has 0 spiro atoms. The lowest BCUT2D eigenvalue weighted by Gasteiger charge is -2.11. The van der Waals surface area contributed by atoms with Crippen molar-refractivity contribution in [1.82, 2.24) is 35.6 Å². The number of nitrogens with one attached hydrogen (secondary N) is 2. The van der Waals surface area contributed by atoms with E-state index in [9.17, 15) is 0 Å². The van der Waals surface area contributed by atoms with Gasteiger partial charge in [-0.05, 0) is 0 Å². The molecule has 0 fully saturated rings. The minimum Gasteiger partial charge on any atom is -0.270 e. The van der Waals surface area contributed by atoms with E-state index in [0.717, 1.165) is 5.69 Å². The maximum atomic E-state index is 5.42. The molecule has 0 aliphatic carbocycles. The summed E-state index contributed by atoms with van der Waals surface area (Å²) in [6, 6.07) is -0.280. The molecular formula is C6H10N8.